The zero-order valence-corrected chi connectivity index (χ0v) is 15.8. The minimum absolute atomic E-state index is 0.00408. The van der Waals surface area contributed by atoms with Crippen molar-refractivity contribution in [3.8, 4) is 5.75 Å². The molecule has 0 aliphatic carbocycles. The average molecular weight is 367 g/mol. The van der Waals surface area contributed by atoms with E-state index in [-0.39, 0.29) is 5.91 Å². The number of carbonyl (C=O) groups is 1. The SMILES string of the molecule is CCC1Oc2cc(Nc3ccc(N4CCOCC4)cc3)ccc2N(C)C1=O. The first kappa shape index (κ1) is 17.7. The molecule has 1 saturated heterocycles. The molecule has 1 N–H and O–H groups in total. The fourth-order valence-electron chi connectivity index (χ4n) is 3.50. The number of fused-ring (bicyclic) bond motifs is 1. The Morgan fingerprint density at radius 2 is 1.78 bits per heavy atom. The molecule has 0 radical (unpaired) electrons. The second-order valence-corrected chi connectivity index (χ2v) is 6.87. The van der Waals surface area contributed by atoms with Crippen molar-refractivity contribution in [3.05, 3.63) is 42.5 Å². The van der Waals surface area contributed by atoms with Crippen LogP contribution in [0.5, 0.6) is 5.75 Å². The predicted molar refractivity (Wildman–Crippen MR) is 107 cm³/mol. The lowest BCUT2D eigenvalue weighted by Gasteiger charge is -2.31. The zero-order valence-electron chi connectivity index (χ0n) is 15.8. The van der Waals surface area contributed by atoms with Crippen molar-refractivity contribution in [3.63, 3.8) is 0 Å². The third-order valence-electron chi connectivity index (χ3n) is 5.10. The van der Waals surface area contributed by atoms with Crippen LogP contribution in [0.25, 0.3) is 0 Å². The maximum absolute atomic E-state index is 12.2. The van der Waals surface area contributed by atoms with Crippen LogP contribution in [0.15, 0.2) is 42.5 Å². The summed E-state index contributed by atoms with van der Waals surface area (Å²) in [7, 11) is 1.80. The number of hydrogen-bond donors (Lipinski definition) is 1. The van der Waals surface area contributed by atoms with Crippen LogP contribution in [0, 0.1) is 0 Å². The molecule has 1 amide bonds. The number of morpholine rings is 1. The van der Waals surface area contributed by atoms with Gasteiger partial charge in [0.15, 0.2) is 6.10 Å². The van der Waals surface area contributed by atoms with Gasteiger partial charge in [-0.25, -0.2) is 0 Å². The summed E-state index contributed by atoms with van der Waals surface area (Å²) in [4.78, 5) is 16.2. The number of benzene rings is 2. The van der Waals surface area contributed by atoms with Crippen molar-refractivity contribution >= 4 is 28.7 Å². The number of amides is 1. The minimum atomic E-state index is -0.412. The highest BCUT2D eigenvalue weighted by atomic mass is 16.5. The molecule has 2 aromatic carbocycles. The van der Waals surface area contributed by atoms with Gasteiger partial charge >= 0.3 is 0 Å². The van der Waals surface area contributed by atoms with Crippen LogP contribution >= 0.6 is 0 Å². The van der Waals surface area contributed by atoms with Crippen LogP contribution in [0.3, 0.4) is 0 Å². The molecule has 0 saturated carbocycles. The standard InChI is InChI=1S/C21H25N3O3/c1-3-19-21(25)23(2)18-9-6-16(14-20(18)27-19)22-15-4-7-17(8-5-15)24-10-12-26-13-11-24/h4-9,14,19,22H,3,10-13H2,1-2H3. The number of ether oxygens (including phenoxy) is 2. The van der Waals surface area contributed by atoms with E-state index in [4.69, 9.17) is 9.47 Å². The molecule has 1 fully saturated rings. The highest BCUT2D eigenvalue weighted by molar-refractivity contribution is 5.99. The van der Waals surface area contributed by atoms with E-state index in [1.165, 1.54) is 5.69 Å². The van der Waals surface area contributed by atoms with Gasteiger partial charge in [0.2, 0.25) is 0 Å². The Kier molecular flexibility index (Phi) is 4.90. The van der Waals surface area contributed by atoms with Crippen LogP contribution in [0.1, 0.15) is 13.3 Å². The van der Waals surface area contributed by atoms with Gasteiger partial charge in [0.05, 0.1) is 18.9 Å². The van der Waals surface area contributed by atoms with Crippen LogP contribution in [0.2, 0.25) is 0 Å². The topological polar surface area (TPSA) is 54.0 Å². The van der Waals surface area contributed by atoms with Gasteiger partial charge < -0.3 is 24.6 Å². The van der Waals surface area contributed by atoms with Crippen molar-refractivity contribution in [2.75, 3.05) is 48.5 Å². The largest absolute Gasteiger partial charge is 0.478 e. The molecule has 1 atom stereocenters. The Morgan fingerprint density at radius 3 is 2.48 bits per heavy atom. The monoisotopic (exact) mass is 367 g/mol. The molecule has 142 valence electrons. The second kappa shape index (κ2) is 7.48. The van der Waals surface area contributed by atoms with E-state index in [1.54, 1.807) is 11.9 Å². The number of hydrogen-bond acceptors (Lipinski definition) is 5. The van der Waals surface area contributed by atoms with Crippen LogP contribution in [-0.4, -0.2) is 45.4 Å². The Hall–Kier alpha value is -2.73. The fourth-order valence-corrected chi connectivity index (χ4v) is 3.50. The van der Waals surface area contributed by atoms with E-state index in [2.05, 4.69) is 34.5 Å². The third kappa shape index (κ3) is 3.57. The van der Waals surface area contributed by atoms with E-state index in [1.807, 2.05) is 25.1 Å². The molecule has 2 aromatic rings. The average Bonchev–Trinajstić information content (AvgIpc) is 2.72. The highest BCUT2D eigenvalue weighted by Crippen LogP contribution is 2.36. The Bertz CT molecular complexity index is 816. The zero-order chi connectivity index (χ0) is 18.8. The van der Waals surface area contributed by atoms with Crippen molar-refractivity contribution in [2.24, 2.45) is 0 Å². The first-order chi connectivity index (χ1) is 13.2. The predicted octanol–water partition coefficient (Wildman–Crippen LogP) is 3.40. The lowest BCUT2D eigenvalue weighted by atomic mass is 10.1. The normalized spacial score (nSPS) is 19.5. The number of rotatable bonds is 4. The maximum atomic E-state index is 12.2. The number of nitrogens with zero attached hydrogens (tertiary/aromatic N) is 2. The smallest absolute Gasteiger partial charge is 0.267 e. The van der Waals surface area contributed by atoms with Gasteiger partial charge in [0.25, 0.3) is 5.91 Å². The Balaban J connectivity index is 1.49. The van der Waals surface area contributed by atoms with Crippen LogP contribution < -0.4 is 19.9 Å². The molecular formula is C21H25N3O3. The molecule has 27 heavy (non-hydrogen) atoms. The van der Waals surface area contributed by atoms with Crippen molar-refractivity contribution < 1.29 is 14.3 Å². The van der Waals surface area contributed by atoms with Gasteiger partial charge in [-0.2, -0.15) is 0 Å². The van der Waals surface area contributed by atoms with Crippen LogP contribution in [0.4, 0.5) is 22.7 Å². The molecule has 0 bridgehead atoms. The minimum Gasteiger partial charge on any atom is -0.478 e. The summed E-state index contributed by atoms with van der Waals surface area (Å²) < 4.78 is 11.3. The highest BCUT2D eigenvalue weighted by Gasteiger charge is 2.30. The second-order valence-electron chi connectivity index (χ2n) is 6.87. The molecule has 0 spiro atoms. The molecule has 6 nitrogen and oxygen atoms in total. The van der Waals surface area contributed by atoms with Crippen molar-refractivity contribution in [2.45, 2.75) is 19.4 Å². The van der Waals surface area contributed by atoms with E-state index < -0.39 is 6.10 Å². The molecule has 2 heterocycles. The molecule has 4 rings (SSSR count). The summed E-state index contributed by atoms with van der Waals surface area (Å²) in [5, 5.41) is 3.42. The van der Waals surface area contributed by atoms with Crippen LogP contribution in [-0.2, 0) is 9.53 Å². The van der Waals surface area contributed by atoms with Gasteiger partial charge in [-0.05, 0) is 42.8 Å². The van der Waals surface area contributed by atoms with Crippen molar-refractivity contribution in [1.29, 1.82) is 0 Å². The summed E-state index contributed by atoms with van der Waals surface area (Å²) in [5.41, 5.74) is 3.96. The van der Waals surface area contributed by atoms with Gasteiger partial charge in [-0.1, -0.05) is 6.92 Å². The van der Waals surface area contributed by atoms with E-state index in [0.29, 0.717) is 6.42 Å². The van der Waals surface area contributed by atoms with Gasteiger partial charge in [-0.3, -0.25) is 4.79 Å². The third-order valence-corrected chi connectivity index (χ3v) is 5.10. The number of anilines is 4. The molecule has 6 heteroatoms. The fraction of sp³-hybridized carbons (Fsp3) is 0.381. The number of carbonyl (C=O) groups excluding carboxylic acids is 1. The van der Waals surface area contributed by atoms with Gasteiger partial charge in [0, 0.05) is 43.3 Å². The number of likely N-dealkylation sites (N-methyl/N-ethyl adjacent to an activating group) is 1. The van der Waals surface area contributed by atoms with E-state index in [0.717, 1.165) is 49.1 Å². The lowest BCUT2D eigenvalue weighted by Crippen LogP contribution is -2.43. The quantitative estimate of drug-likeness (QED) is 0.898. The summed E-state index contributed by atoms with van der Waals surface area (Å²) in [5.74, 6) is 0.739. The summed E-state index contributed by atoms with van der Waals surface area (Å²) in [6.07, 6.45) is 0.245. The summed E-state index contributed by atoms with van der Waals surface area (Å²) in [6, 6.07) is 14.3. The Morgan fingerprint density at radius 1 is 1.07 bits per heavy atom. The first-order valence-electron chi connectivity index (χ1n) is 9.44. The molecule has 0 aromatic heterocycles. The molecule has 2 aliphatic rings. The Labute approximate surface area is 159 Å². The summed E-state index contributed by atoms with van der Waals surface area (Å²) >= 11 is 0. The van der Waals surface area contributed by atoms with E-state index >= 15 is 0 Å². The molecule has 2 aliphatic heterocycles. The molecular weight excluding hydrogens is 342 g/mol. The van der Waals surface area contributed by atoms with Gasteiger partial charge in [0.1, 0.15) is 5.75 Å². The number of nitrogens with one attached hydrogen (secondary N) is 1. The van der Waals surface area contributed by atoms with E-state index in [9.17, 15) is 4.79 Å². The first-order valence-corrected chi connectivity index (χ1v) is 9.44. The van der Waals surface area contributed by atoms with Crippen molar-refractivity contribution in [1.82, 2.24) is 0 Å². The molecule has 1 unspecified atom stereocenters. The summed E-state index contributed by atoms with van der Waals surface area (Å²) in [6.45, 7) is 5.38. The maximum Gasteiger partial charge on any atom is 0.267 e. The van der Waals surface area contributed by atoms with Gasteiger partial charge in [-0.15, -0.1) is 0 Å². The lowest BCUT2D eigenvalue weighted by molar-refractivity contribution is -0.126.